The molecular formula is C33H28ClNO2S. The molecule has 1 aromatic heterocycles. The van der Waals surface area contributed by atoms with Gasteiger partial charge in [0.05, 0.1) is 10.4 Å². The highest BCUT2D eigenvalue weighted by molar-refractivity contribution is 7.90. The molecule has 1 heterocycles. The molecule has 0 N–H and O–H groups in total. The van der Waals surface area contributed by atoms with Gasteiger partial charge in [-0.3, -0.25) is 4.98 Å². The van der Waals surface area contributed by atoms with E-state index in [1.165, 1.54) is 11.8 Å². The minimum absolute atomic E-state index is 0.295. The lowest BCUT2D eigenvalue weighted by Gasteiger charge is -2.13. The number of rotatable bonds is 6. The summed E-state index contributed by atoms with van der Waals surface area (Å²) in [6.07, 6.45) is 5.18. The lowest BCUT2D eigenvalue weighted by atomic mass is 9.92. The molecule has 0 unspecified atom stereocenters. The van der Waals surface area contributed by atoms with Crippen molar-refractivity contribution in [2.45, 2.75) is 24.7 Å². The third-order valence-electron chi connectivity index (χ3n) is 6.65. The van der Waals surface area contributed by atoms with Gasteiger partial charge in [-0.15, -0.1) is 0 Å². The SMILES string of the molecule is CC(C)c1cc(-c2cccc(C=C(c3ccc(Cl)cc3)c3ccc(S(C)(=O)=O)cc3)c2)c2ncccc2c1. The van der Waals surface area contributed by atoms with Crippen molar-refractivity contribution >= 4 is 44.0 Å². The summed E-state index contributed by atoms with van der Waals surface area (Å²) in [6, 6.07) is 31.7. The van der Waals surface area contributed by atoms with Crippen molar-refractivity contribution in [1.82, 2.24) is 4.98 Å². The topological polar surface area (TPSA) is 47.0 Å². The molecule has 0 spiro atoms. The third kappa shape index (κ3) is 5.57. The van der Waals surface area contributed by atoms with Gasteiger partial charge in [0.2, 0.25) is 0 Å². The van der Waals surface area contributed by atoms with Gasteiger partial charge in [-0.05, 0) is 93.9 Å². The van der Waals surface area contributed by atoms with Gasteiger partial charge >= 0.3 is 0 Å². The lowest BCUT2D eigenvalue weighted by molar-refractivity contribution is 0.602. The number of halogens is 1. The second kappa shape index (κ2) is 10.6. The molecule has 3 nitrogen and oxygen atoms in total. The van der Waals surface area contributed by atoms with Crippen molar-refractivity contribution in [1.29, 1.82) is 0 Å². The Hall–Kier alpha value is -3.73. The van der Waals surface area contributed by atoms with Gasteiger partial charge in [0.1, 0.15) is 0 Å². The smallest absolute Gasteiger partial charge is 0.175 e. The maximum absolute atomic E-state index is 12.0. The average molecular weight is 538 g/mol. The van der Waals surface area contributed by atoms with E-state index in [0.717, 1.165) is 44.3 Å². The lowest BCUT2D eigenvalue weighted by Crippen LogP contribution is -1.97. The summed E-state index contributed by atoms with van der Waals surface area (Å²) in [7, 11) is -3.28. The molecule has 0 fully saturated rings. The van der Waals surface area contributed by atoms with Crippen LogP contribution in [-0.2, 0) is 9.84 Å². The monoisotopic (exact) mass is 537 g/mol. The number of hydrogen-bond acceptors (Lipinski definition) is 3. The highest BCUT2D eigenvalue weighted by atomic mass is 35.5. The second-order valence-corrected chi connectivity index (χ2v) is 12.2. The molecule has 4 aromatic carbocycles. The molecular weight excluding hydrogens is 510 g/mol. The molecule has 5 rings (SSSR count). The first-order valence-corrected chi connectivity index (χ1v) is 14.7. The summed E-state index contributed by atoms with van der Waals surface area (Å²) in [5.41, 5.74) is 8.35. The van der Waals surface area contributed by atoms with Crippen molar-refractivity contribution < 1.29 is 8.42 Å². The first-order chi connectivity index (χ1) is 18.2. The zero-order chi connectivity index (χ0) is 26.9. The van der Waals surface area contributed by atoms with Gasteiger partial charge in [-0.1, -0.05) is 74.0 Å². The Bertz CT molecular complexity index is 1750. The van der Waals surface area contributed by atoms with Gasteiger partial charge in [0, 0.05) is 28.4 Å². The van der Waals surface area contributed by atoms with E-state index < -0.39 is 9.84 Å². The molecule has 190 valence electrons. The average Bonchev–Trinajstić information content (AvgIpc) is 2.91. The van der Waals surface area contributed by atoms with Gasteiger partial charge in [0.15, 0.2) is 9.84 Å². The molecule has 0 amide bonds. The highest BCUT2D eigenvalue weighted by Crippen LogP contribution is 2.33. The van der Waals surface area contributed by atoms with Crippen molar-refractivity contribution in [3.05, 3.63) is 131 Å². The van der Waals surface area contributed by atoms with Crippen LogP contribution in [0.2, 0.25) is 5.02 Å². The molecule has 5 aromatic rings. The van der Waals surface area contributed by atoms with Crippen LogP contribution in [0.5, 0.6) is 0 Å². The Labute approximate surface area is 229 Å². The molecule has 0 saturated heterocycles. The van der Waals surface area contributed by atoms with Crippen LogP contribution in [0.15, 0.2) is 108 Å². The predicted octanol–water partition coefficient (Wildman–Crippen LogP) is 8.67. The molecule has 0 aliphatic heterocycles. The molecule has 0 aliphatic rings. The Balaban J connectivity index is 1.66. The van der Waals surface area contributed by atoms with E-state index in [1.54, 1.807) is 12.1 Å². The zero-order valence-electron chi connectivity index (χ0n) is 21.5. The fraction of sp³-hybridized carbons (Fsp3) is 0.121. The van der Waals surface area contributed by atoms with Crippen LogP contribution in [0.1, 0.15) is 42.0 Å². The van der Waals surface area contributed by atoms with E-state index in [1.807, 2.05) is 48.7 Å². The second-order valence-electron chi connectivity index (χ2n) is 9.79. The highest BCUT2D eigenvalue weighted by Gasteiger charge is 2.12. The van der Waals surface area contributed by atoms with E-state index in [4.69, 9.17) is 16.6 Å². The number of sulfone groups is 1. The third-order valence-corrected chi connectivity index (χ3v) is 8.03. The van der Waals surface area contributed by atoms with Gasteiger partial charge in [0.25, 0.3) is 0 Å². The number of nitrogens with zero attached hydrogens (tertiary/aromatic N) is 1. The van der Waals surface area contributed by atoms with Crippen molar-refractivity contribution in [2.24, 2.45) is 0 Å². The van der Waals surface area contributed by atoms with E-state index >= 15 is 0 Å². The van der Waals surface area contributed by atoms with Crippen molar-refractivity contribution in [3.63, 3.8) is 0 Å². The first-order valence-electron chi connectivity index (χ1n) is 12.5. The fourth-order valence-electron chi connectivity index (χ4n) is 4.58. The van der Waals surface area contributed by atoms with Crippen LogP contribution < -0.4 is 0 Å². The Kier molecular flexibility index (Phi) is 7.20. The van der Waals surface area contributed by atoms with Crippen molar-refractivity contribution in [2.75, 3.05) is 6.26 Å². The van der Waals surface area contributed by atoms with E-state index in [2.05, 4.69) is 62.4 Å². The van der Waals surface area contributed by atoms with Crippen LogP contribution in [0.25, 0.3) is 33.7 Å². The minimum Gasteiger partial charge on any atom is -0.256 e. The molecule has 5 heteroatoms. The molecule has 0 radical (unpaired) electrons. The minimum atomic E-state index is -3.28. The number of hydrogen-bond donors (Lipinski definition) is 0. The Morgan fingerprint density at radius 3 is 2.18 bits per heavy atom. The van der Waals surface area contributed by atoms with E-state index in [9.17, 15) is 8.42 Å². The zero-order valence-corrected chi connectivity index (χ0v) is 23.1. The summed E-state index contributed by atoms with van der Waals surface area (Å²) in [5.74, 6) is 0.396. The Morgan fingerprint density at radius 1 is 0.842 bits per heavy atom. The summed E-state index contributed by atoms with van der Waals surface area (Å²) in [5, 5.41) is 1.79. The van der Waals surface area contributed by atoms with Gasteiger partial charge < -0.3 is 0 Å². The number of pyridine rings is 1. The number of aromatic nitrogens is 1. The summed E-state index contributed by atoms with van der Waals surface area (Å²) < 4.78 is 24.0. The standard InChI is InChI=1S/C33H28ClNO2S/c1-22(2)28-20-27-8-5-17-35-33(27)32(21-28)26-7-4-6-23(18-26)19-31(24-9-13-29(34)14-10-24)25-11-15-30(16-12-25)38(3,36)37/h4-22H,1-3H3. The Morgan fingerprint density at radius 2 is 1.53 bits per heavy atom. The molecule has 38 heavy (non-hydrogen) atoms. The molecule has 0 bridgehead atoms. The summed E-state index contributed by atoms with van der Waals surface area (Å²) >= 11 is 6.17. The molecule has 0 aliphatic carbocycles. The molecule has 0 saturated carbocycles. The van der Waals surface area contributed by atoms with Crippen LogP contribution in [0.3, 0.4) is 0 Å². The van der Waals surface area contributed by atoms with Crippen LogP contribution in [-0.4, -0.2) is 19.7 Å². The summed E-state index contributed by atoms with van der Waals surface area (Å²) in [4.78, 5) is 5.00. The number of fused-ring (bicyclic) bond motifs is 1. The molecule has 0 atom stereocenters. The maximum Gasteiger partial charge on any atom is 0.175 e. The van der Waals surface area contributed by atoms with Gasteiger partial charge in [-0.25, -0.2) is 8.42 Å². The van der Waals surface area contributed by atoms with E-state index in [0.29, 0.717) is 15.8 Å². The van der Waals surface area contributed by atoms with Crippen molar-refractivity contribution in [3.8, 4) is 11.1 Å². The summed E-state index contributed by atoms with van der Waals surface area (Å²) in [6.45, 7) is 4.40. The van der Waals surface area contributed by atoms with E-state index in [-0.39, 0.29) is 0 Å². The largest absolute Gasteiger partial charge is 0.256 e. The maximum atomic E-state index is 12.0. The van der Waals surface area contributed by atoms with Crippen LogP contribution >= 0.6 is 11.6 Å². The normalized spacial score (nSPS) is 12.3. The first kappa shape index (κ1) is 25.9. The number of benzene rings is 4. The van der Waals surface area contributed by atoms with Crippen LogP contribution in [0.4, 0.5) is 0 Å². The fourth-order valence-corrected chi connectivity index (χ4v) is 5.33. The predicted molar refractivity (Wildman–Crippen MR) is 159 cm³/mol. The van der Waals surface area contributed by atoms with Crippen LogP contribution in [0, 0.1) is 0 Å². The quantitative estimate of drug-likeness (QED) is 0.203. The van der Waals surface area contributed by atoms with Gasteiger partial charge in [-0.2, -0.15) is 0 Å².